The zero-order chi connectivity index (χ0) is 28.0. The van der Waals surface area contributed by atoms with Crippen LogP contribution < -0.4 is 11.2 Å². The topological polar surface area (TPSA) is 316 Å². The van der Waals surface area contributed by atoms with Crippen LogP contribution in [0.25, 0.3) is 0 Å². The summed E-state index contributed by atoms with van der Waals surface area (Å²) in [6, 6.07) is 0.962. The zero-order valence-corrected chi connectivity index (χ0v) is 20.0. The van der Waals surface area contributed by atoms with Crippen molar-refractivity contribution < 1.29 is 72.8 Å². The number of rotatable bonds is 10. The molecule has 0 radical (unpaired) electrons. The van der Waals surface area contributed by atoms with Crippen molar-refractivity contribution in [2.45, 2.75) is 55.9 Å². The molecule has 1 aromatic rings. The first kappa shape index (κ1) is 32.4. The van der Waals surface area contributed by atoms with E-state index in [-0.39, 0.29) is 6.29 Å². The molecule has 1 aliphatic heterocycles. The molecule has 1 unspecified atom stereocenters. The number of carbonyl (C=O) groups excluding carboxylic acids is 1. The first-order chi connectivity index (χ1) is 16.4. The lowest BCUT2D eigenvalue weighted by atomic mass is 10.1. The fourth-order valence-electron chi connectivity index (χ4n) is 2.62. The number of H-pyrrole nitrogens is 1. The molecule has 36 heavy (non-hydrogen) atoms. The summed E-state index contributed by atoms with van der Waals surface area (Å²) in [5.41, 5.74) is -1.65. The van der Waals surface area contributed by atoms with Gasteiger partial charge >= 0.3 is 21.3 Å². The molecule has 2 heterocycles. The zero-order valence-electron chi connectivity index (χ0n) is 18.2. The first-order valence-corrected chi connectivity index (χ1v) is 12.7. The van der Waals surface area contributed by atoms with Crippen LogP contribution in [0.15, 0.2) is 21.9 Å². The van der Waals surface area contributed by atoms with E-state index in [0.717, 1.165) is 16.8 Å². The van der Waals surface area contributed by atoms with E-state index in [1.807, 2.05) is 4.98 Å². The van der Waals surface area contributed by atoms with Crippen LogP contribution in [0.1, 0.15) is 13.2 Å². The van der Waals surface area contributed by atoms with Crippen molar-refractivity contribution in [1.29, 1.82) is 0 Å². The number of aromatic amines is 1. The molecule has 21 heteroatoms. The van der Waals surface area contributed by atoms with Crippen LogP contribution in [0.3, 0.4) is 0 Å². The highest BCUT2D eigenvalue weighted by molar-refractivity contribution is 7.60. The maximum Gasteiger partial charge on any atom is 0.481 e. The minimum Gasteiger partial charge on any atom is -0.391 e. The Balaban J connectivity index is 0.000000497. The highest BCUT2D eigenvalue weighted by atomic mass is 31.3. The van der Waals surface area contributed by atoms with Crippen molar-refractivity contribution in [3.63, 3.8) is 0 Å². The SMILES string of the molecule is C[C@@H](O)[C@H](O)[C@H](O)[C@@H](O)C=O.O=c1ccn([C@@H]2O[C@H](COP(=O)(O)OP(=O)(O)O)[C@@H](O)[C@H]2O)c(=O)[nH]1. The van der Waals surface area contributed by atoms with E-state index in [4.69, 9.17) is 39.8 Å². The van der Waals surface area contributed by atoms with Gasteiger partial charge in [-0.15, -0.1) is 0 Å². The smallest absolute Gasteiger partial charge is 0.391 e. The normalized spacial score (nSPS) is 27.2. The Hall–Kier alpha value is -1.67. The summed E-state index contributed by atoms with van der Waals surface area (Å²) in [5.74, 6) is 0. The molecule has 0 aliphatic carbocycles. The molecule has 19 nitrogen and oxygen atoms in total. The lowest BCUT2D eigenvalue weighted by molar-refractivity contribution is -0.132. The number of hydrogen-bond acceptors (Lipinski definition) is 14. The van der Waals surface area contributed by atoms with Gasteiger partial charge in [0.05, 0.1) is 12.7 Å². The minimum atomic E-state index is -5.32. The second kappa shape index (κ2) is 13.2. The Morgan fingerprint density at radius 1 is 1.11 bits per heavy atom. The fraction of sp³-hybridized carbons (Fsp3) is 0.667. The van der Waals surface area contributed by atoms with Crippen molar-refractivity contribution in [3.8, 4) is 0 Å². The van der Waals surface area contributed by atoms with Crippen molar-refractivity contribution in [2.75, 3.05) is 6.61 Å². The molecule has 0 aromatic carbocycles. The number of phosphoric ester groups is 1. The van der Waals surface area contributed by atoms with Crippen LogP contribution in [0.4, 0.5) is 0 Å². The Kier molecular flexibility index (Phi) is 11.9. The summed E-state index contributed by atoms with van der Waals surface area (Å²) in [6.07, 6.45) is -11.1. The molecule has 0 spiro atoms. The van der Waals surface area contributed by atoms with Gasteiger partial charge in [-0.25, -0.2) is 13.9 Å². The fourth-order valence-corrected chi connectivity index (χ4v) is 4.22. The number of nitrogens with one attached hydrogen (secondary N) is 1. The molecule has 9 atom stereocenters. The molecule has 0 amide bonds. The number of aliphatic hydroxyl groups is 6. The lowest BCUT2D eigenvalue weighted by Gasteiger charge is -2.21. The van der Waals surface area contributed by atoms with Crippen molar-refractivity contribution >= 4 is 21.9 Å². The summed E-state index contributed by atoms with van der Waals surface area (Å²) >= 11 is 0. The van der Waals surface area contributed by atoms with Crippen molar-refractivity contribution in [1.82, 2.24) is 9.55 Å². The van der Waals surface area contributed by atoms with E-state index in [2.05, 4.69) is 8.83 Å². The average Bonchev–Trinajstić information content (AvgIpc) is 3.03. The standard InChI is InChI=1S/C9H14N2O12P2.C6H12O5/c12-5-1-2-11(9(15)10-5)8-7(14)6(13)4(22-8)3-21-25(19,20)23-24(16,17)18;1-3(8)5(10)6(11)4(9)2-7/h1-2,4,6-8,13-14H,3H2,(H,19,20)(H,10,12,15)(H2,16,17,18);2-6,8-11H,1H3/t4-,6-,7-,8-;3-,4+,5+,6-/m11/s1. The molecule has 1 aromatic heterocycles. The summed E-state index contributed by atoms with van der Waals surface area (Å²) < 4.78 is 35.6. The molecular formula is C15H26N2O17P2. The van der Waals surface area contributed by atoms with E-state index in [0.29, 0.717) is 0 Å². The molecule has 2 rings (SSSR count). The Labute approximate surface area is 200 Å². The maximum absolute atomic E-state index is 11.7. The molecule has 1 fully saturated rings. The monoisotopic (exact) mass is 568 g/mol. The number of nitrogens with zero attached hydrogens (tertiary/aromatic N) is 1. The van der Waals surface area contributed by atoms with Gasteiger partial charge in [-0.05, 0) is 6.92 Å². The van der Waals surface area contributed by atoms with Crippen LogP contribution in [-0.2, 0) is 27.5 Å². The van der Waals surface area contributed by atoms with Gasteiger partial charge in [0.15, 0.2) is 12.5 Å². The quantitative estimate of drug-likeness (QED) is 0.0933. The molecule has 0 bridgehead atoms. The third kappa shape index (κ3) is 9.66. The number of ether oxygens (including phenoxy) is 1. The van der Waals surface area contributed by atoms with Gasteiger partial charge < -0.3 is 54.9 Å². The van der Waals surface area contributed by atoms with E-state index in [9.17, 15) is 33.7 Å². The van der Waals surface area contributed by atoms with Crippen LogP contribution >= 0.6 is 15.6 Å². The van der Waals surface area contributed by atoms with Gasteiger partial charge in [-0.2, -0.15) is 4.31 Å². The van der Waals surface area contributed by atoms with Crippen molar-refractivity contribution in [3.05, 3.63) is 33.1 Å². The number of hydrogen-bond donors (Lipinski definition) is 10. The second-order valence-electron chi connectivity index (χ2n) is 7.25. The van der Waals surface area contributed by atoms with Gasteiger partial charge in [0.25, 0.3) is 5.56 Å². The highest BCUT2D eigenvalue weighted by Gasteiger charge is 2.45. The van der Waals surface area contributed by atoms with Gasteiger partial charge in [0.2, 0.25) is 0 Å². The summed E-state index contributed by atoms with van der Waals surface area (Å²) in [6.45, 7) is 0.339. The molecule has 1 saturated heterocycles. The minimum absolute atomic E-state index is 0.0935. The number of phosphoric acid groups is 2. The van der Waals surface area contributed by atoms with Crippen molar-refractivity contribution in [2.24, 2.45) is 0 Å². The molecule has 1 aliphatic rings. The number of aldehydes is 1. The predicted molar refractivity (Wildman–Crippen MR) is 112 cm³/mol. The van der Waals surface area contributed by atoms with Crippen LogP contribution in [0.5, 0.6) is 0 Å². The van der Waals surface area contributed by atoms with Crippen LogP contribution in [0.2, 0.25) is 0 Å². The van der Waals surface area contributed by atoms with E-state index in [1.54, 1.807) is 0 Å². The molecule has 208 valence electrons. The summed E-state index contributed by atoms with van der Waals surface area (Å²) in [5, 5.41) is 54.9. The highest BCUT2D eigenvalue weighted by Crippen LogP contribution is 2.57. The Bertz CT molecular complexity index is 1070. The van der Waals surface area contributed by atoms with Crippen LogP contribution in [0, 0.1) is 0 Å². The van der Waals surface area contributed by atoms with Gasteiger partial charge in [-0.3, -0.25) is 18.9 Å². The lowest BCUT2D eigenvalue weighted by Crippen LogP contribution is -2.43. The third-order valence-electron chi connectivity index (χ3n) is 4.41. The largest absolute Gasteiger partial charge is 0.481 e. The summed E-state index contributed by atoms with van der Waals surface area (Å²) in [4.78, 5) is 60.6. The Morgan fingerprint density at radius 3 is 2.17 bits per heavy atom. The molecule has 0 saturated carbocycles. The Morgan fingerprint density at radius 2 is 1.69 bits per heavy atom. The van der Waals surface area contributed by atoms with E-state index in [1.165, 1.54) is 6.92 Å². The third-order valence-corrected chi connectivity index (χ3v) is 6.56. The van der Waals surface area contributed by atoms with Gasteiger partial charge in [-0.1, -0.05) is 0 Å². The average molecular weight is 568 g/mol. The maximum atomic E-state index is 11.7. The van der Waals surface area contributed by atoms with E-state index < -0.39 is 82.5 Å². The van der Waals surface area contributed by atoms with E-state index >= 15 is 0 Å². The molecule has 10 N–H and O–H groups in total. The second-order valence-corrected chi connectivity index (χ2v) is 10.1. The molecular weight excluding hydrogens is 542 g/mol. The van der Waals surface area contributed by atoms with Crippen LogP contribution in [-0.4, -0.2) is 110 Å². The number of carbonyl (C=O) groups is 1. The number of aromatic nitrogens is 2. The van der Waals surface area contributed by atoms with Gasteiger partial charge in [0, 0.05) is 12.3 Å². The summed E-state index contributed by atoms with van der Waals surface area (Å²) in [7, 11) is -10.5. The predicted octanol–water partition coefficient (Wildman–Crippen LogP) is -4.97. The first-order valence-electron chi connectivity index (χ1n) is 9.65. The number of aliphatic hydroxyl groups excluding tert-OH is 6. The van der Waals surface area contributed by atoms with Gasteiger partial charge in [0.1, 0.15) is 36.6 Å².